The average Bonchev–Trinajstić information content (AvgIpc) is 2.95. The molecule has 6 nitrogen and oxygen atoms in total. The number of hydrogen-bond acceptors (Lipinski definition) is 2. The molecule has 0 N–H and O–H groups in total. The standard InChI is InChI=1S/C10H12N4.CN.CHO.Pt/c1-11-5-9-3-4-10-6-12(2)8-14(10)13(9)7-11;2*1-2;/h3-8H,1-2H3;;1H;/q-2;2*-1;+4. The Balaban J connectivity index is 0.000000597. The molecule has 0 atom stereocenters. The van der Waals surface area contributed by atoms with Gasteiger partial charge in [-0.05, 0) is 26.7 Å². The predicted octanol–water partition coefficient (Wildman–Crippen LogP) is 1.20. The van der Waals surface area contributed by atoms with Gasteiger partial charge in [-0.1, -0.05) is 11.4 Å². The van der Waals surface area contributed by atoms with Crippen LogP contribution >= 0.6 is 0 Å². The monoisotopic (exact) mass is 438 g/mol. The molecule has 0 saturated heterocycles. The molecule has 0 unspecified atom stereocenters. The number of rotatable bonds is 0. The summed E-state index contributed by atoms with van der Waals surface area (Å²) in [5.41, 5.74) is 2.38. The Kier molecular flexibility index (Phi) is 6.66. The molecule has 0 fully saturated rings. The van der Waals surface area contributed by atoms with Crippen molar-refractivity contribution in [2.45, 2.75) is 0 Å². The van der Waals surface area contributed by atoms with Crippen molar-refractivity contribution in [3.05, 3.63) is 43.8 Å². The van der Waals surface area contributed by atoms with Crippen LogP contribution in [0, 0.1) is 11.8 Å². The van der Waals surface area contributed by atoms with Gasteiger partial charge >= 0.3 is 21.1 Å². The molecular formula is C12H13N5OPt. The van der Waals surface area contributed by atoms with Crippen LogP contribution in [0.3, 0.4) is 0 Å². The Morgan fingerprint density at radius 3 is 1.63 bits per heavy atom. The summed E-state index contributed by atoms with van der Waals surface area (Å²) in [6, 6.07) is 4.24. The fourth-order valence-corrected chi connectivity index (χ4v) is 1.85. The maximum Gasteiger partial charge on any atom is 4.00 e. The molecule has 0 spiro atoms. The fourth-order valence-electron chi connectivity index (χ4n) is 1.85. The van der Waals surface area contributed by atoms with Crippen molar-refractivity contribution in [3.8, 4) is 11.4 Å². The van der Waals surface area contributed by atoms with Gasteiger partial charge in [0.1, 0.15) is 0 Å². The van der Waals surface area contributed by atoms with E-state index < -0.39 is 0 Å². The van der Waals surface area contributed by atoms with Crippen molar-refractivity contribution >= 4 is 6.79 Å². The topological polar surface area (TPSA) is 60.6 Å². The number of carbonyl (C=O) groups excluding carboxylic acids is 1. The van der Waals surface area contributed by atoms with Crippen molar-refractivity contribution in [2.24, 2.45) is 14.1 Å². The van der Waals surface area contributed by atoms with Gasteiger partial charge in [0.25, 0.3) is 0 Å². The Labute approximate surface area is 126 Å². The predicted molar refractivity (Wildman–Crippen MR) is 65.9 cm³/mol. The van der Waals surface area contributed by atoms with E-state index in [0.717, 1.165) is 0 Å². The molecule has 0 radical (unpaired) electrons. The molecule has 0 aromatic carbocycles. The van der Waals surface area contributed by atoms with E-state index in [1.807, 2.05) is 14.1 Å². The molecule has 0 aliphatic carbocycles. The van der Waals surface area contributed by atoms with E-state index in [4.69, 9.17) is 16.6 Å². The maximum atomic E-state index is 7.75. The summed E-state index contributed by atoms with van der Waals surface area (Å²) in [5.74, 6) is 0. The summed E-state index contributed by atoms with van der Waals surface area (Å²) in [7, 11) is 4.06. The van der Waals surface area contributed by atoms with Crippen LogP contribution in [-0.4, -0.2) is 25.3 Å². The molecule has 3 heterocycles. The van der Waals surface area contributed by atoms with Gasteiger partial charge in [-0.3, -0.25) is 6.79 Å². The van der Waals surface area contributed by atoms with Gasteiger partial charge in [0.05, 0.1) is 0 Å². The van der Waals surface area contributed by atoms with Crippen LogP contribution < -0.4 is 0 Å². The smallest absolute Gasteiger partial charge is 0.545 e. The van der Waals surface area contributed by atoms with E-state index in [9.17, 15) is 0 Å². The summed E-state index contributed by atoms with van der Waals surface area (Å²) >= 11 is 0. The van der Waals surface area contributed by atoms with E-state index >= 15 is 0 Å². The van der Waals surface area contributed by atoms with Crippen molar-refractivity contribution in [1.82, 2.24) is 18.5 Å². The van der Waals surface area contributed by atoms with Gasteiger partial charge in [0.15, 0.2) is 0 Å². The molecular weight excluding hydrogens is 425 g/mol. The number of aryl methyl sites for hydroxylation is 2. The molecule has 3 aliphatic heterocycles. The summed E-state index contributed by atoms with van der Waals surface area (Å²) < 4.78 is 8.34. The molecule has 0 amide bonds. The van der Waals surface area contributed by atoms with Crippen LogP contribution in [0.25, 0.3) is 11.4 Å². The van der Waals surface area contributed by atoms with Gasteiger partial charge in [0.2, 0.25) is 0 Å². The molecule has 0 aromatic heterocycles. The Morgan fingerprint density at radius 1 is 1.00 bits per heavy atom. The number of nitrogens with zero attached hydrogens (tertiary/aromatic N) is 5. The van der Waals surface area contributed by atoms with Crippen LogP contribution in [0.1, 0.15) is 0 Å². The summed E-state index contributed by atoms with van der Waals surface area (Å²) in [6.07, 6.45) is 8.31. The second-order valence-electron chi connectivity index (χ2n) is 3.69. The Morgan fingerprint density at radius 2 is 1.32 bits per heavy atom. The molecule has 0 saturated carbocycles. The van der Waals surface area contributed by atoms with Crippen molar-refractivity contribution in [3.63, 3.8) is 0 Å². The third kappa shape index (κ3) is 3.27. The van der Waals surface area contributed by atoms with Crippen molar-refractivity contribution < 1.29 is 25.9 Å². The SMILES string of the molecule is Cn1cc2ccc3cn(C)[cH-]n-3n-2[cH-]1.[C-]#N.[CH-]=O.[Pt+4]. The molecule has 7 heteroatoms. The quantitative estimate of drug-likeness (QED) is 0.391. The third-order valence-corrected chi connectivity index (χ3v) is 2.44. The number of hydrogen-bond donors (Lipinski definition) is 0. The zero-order valence-corrected chi connectivity index (χ0v) is 12.8. The zero-order valence-electron chi connectivity index (χ0n) is 10.5. The number of aromatic nitrogens is 4. The first-order valence-electron chi connectivity index (χ1n) is 5.04. The largest absolute Gasteiger partial charge is 4.00 e. The number of imidazole rings is 2. The molecule has 0 aromatic rings. The molecule has 3 rings (SSSR count). The van der Waals surface area contributed by atoms with Gasteiger partial charge in [-0.15, -0.1) is 24.5 Å². The second kappa shape index (κ2) is 7.44. The van der Waals surface area contributed by atoms with E-state index in [0.29, 0.717) is 0 Å². The Bertz CT molecular complexity index is 551. The van der Waals surface area contributed by atoms with Gasteiger partial charge < -0.3 is 35.1 Å². The van der Waals surface area contributed by atoms with E-state index in [1.54, 1.807) is 0 Å². The first-order valence-corrected chi connectivity index (χ1v) is 5.04. The van der Waals surface area contributed by atoms with Gasteiger partial charge in [0, 0.05) is 0 Å². The minimum Gasteiger partial charge on any atom is -0.545 e. The third-order valence-electron chi connectivity index (χ3n) is 2.44. The summed E-state index contributed by atoms with van der Waals surface area (Å²) in [6.45, 7) is 8.00. The second-order valence-corrected chi connectivity index (χ2v) is 3.69. The van der Waals surface area contributed by atoms with Crippen molar-refractivity contribution in [1.29, 1.82) is 5.26 Å². The minimum atomic E-state index is 0. The first kappa shape index (κ1) is 17.0. The van der Waals surface area contributed by atoms with Gasteiger partial charge in [-0.25, -0.2) is 0 Å². The fraction of sp³-hybridized carbons (Fsp3) is 0.167. The van der Waals surface area contributed by atoms with Gasteiger partial charge in [-0.2, -0.15) is 0 Å². The van der Waals surface area contributed by atoms with Crippen molar-refractivity contribution in [2.75, 3.05) is 0 Å². The van der Waals surface area contributed by atoms with E-state index in [1.165, 1.54) is 11.4 Å². The molecule has 102 valence electrons. The molecule has 19 heavy (non-hydrogen) atoms. The van der Waals surface area contributed by atoms with Crippen LogP contribution in [0.4, 0.5) is 0 Å². The van der Waals surface area contributed by atoms with Crippen LogP contribution in [0.15, 0.2) is 37.2 Å². The molecule has 3 aliphatic rings. The van der Waals surface area contributed by atoms with Crippen LogP contribution in [-0.2, 0) is 40.0 Å². The first-order chi connectivity index (χ1) is 8.74. The normalized spacial score (nSPS) is 8.84. The van der Waals surface area contributed by atoms with Crippen LogP contribution in [0.5, 0.6) is 0 Å². The zero-order chi connectivity index (χ0) is 13.7. The summed E-state index contributed by atoms with van der Waals surface area (Å²) in [4.78, 5) is 7.75. The maximum absolute atomic E-state index is 7.75. The van der Waals surface area contributed by atoms with Crippen LogP contribution in [0.2, 0.25) is 0 Å². The van der Waals surface area contributed by atoms with E-state index in [-0.39, 0.29) is 21.1 Å². The summed E-state index contributed by atoms with van der Waals surface area (Å²) in [5, 5.41) is 6.25. The average molecular weight is 438 g/mol. The molecule has 0 bridgehead atoms. The minimum absolute atomic E-state index is 0. The number of fused-ring (bicyclic) bond motifs is 3. The Hall–Kier alpha value is -1.99. The van der Waals surface area contributed by atoms with E-state index in [2.05, 4.69) is 62.5 Å².